The lowest BCUT2D eigenvalue weighted by Gasteiger charge is -2.29. The fraction of sp³-hybridized carbons (Fsp3) is 0.714. The standard InChI is InChI=1S/C14H19NO9/c1-7(16)5-8-10(12(18)21-3)24-15-14(8,13(19)22-4)6-9(23-15)11(17)20-2/h8-10H,5-6H2,1-4H3/t8-,9-,10+,14+/m0/s1. The molecular weight excluding hydrogens is 326 g/mol. The van der Waals surface area contributed by atoms with E-state index < -0.39 is 41.6 Å². The smallest absolute Gasteiger partial charge is 0.337 e. The van der Waals surface area contributed by atoms with Gasteiger partial charge in [0.05, 0.1) is 21.3 Å². The van der Waals surface area contributed by atoms with Crippen LogP contribution in [0.1, 0.15) is 19.8 Å². The number of hydrogen-bond acceptors (Lipinski definition) is 10. The van der Waals surface area contributed by atoms with E-state index >= 15 is 0 Å². The molecule has 2 aliphatic heterocycles. The van der Waals surface area contributed by atoms with E-state index in [0.29, 0.717) is 0 Å². The molecule has 0 amide bonds. The van der Waals surface area contributed by atoms with Gasteiger partial charge in [0.2, 0.25) is 0 Å². The van der Waals surface area contributed by atoms with Crippen molar-refractivity contribution >= 4 is 23.7 Å². The molecule has 2 fully saturated rings. The lowest BCUT2D eigenvalue weighted by atomic mass is 9.75. The van der Waals surface area contributed by atoms with Crippen LogP contribution in [-0.4, -0.2) is 68.0 Å². The highest BCUT2D eigenvalue weighted by Gasteiger charge is 2.69. The summed E-state index contributed by atoms with van der Waals surface area (Å²) in [5, 5.41) is 0.773. The first-order chi connectivity index (χ1) is 11.3. The van der Waals surface area contributed by atoms with Crippen LogP contribution in [0.2, 0.25) is 0 Å². The normalized spacial score (nSPS) is 32.1. The number of ketones is 1. The van der Waals surface area contributed by atoms with E-state index in [1.807, 2.05) is 0 Å². The Morgan fingerprint density at radius 3 is 2.17 bits per heavy atom. The summed E-state index contributed by atoms with van der Waals surface area (Å²) in [6.45, 7) is 1.32. The molecule has 0 aliphatic carbocycles. The number of rotatable bonds is 5. The average Bonchev–Trinajstić information content (AvgIpc) is 3.07. The highest BCUT2D eigenvalue weighted by atomic mass is 17.0. The van der Waals surface area contributed by atoms with Gasteiger partial charge in [-0.25, -0.2) is 14.4 Å². The number of methoxy groups -OCH3 is 3. The van der Waals surface area contributed by atoms with E-state index in [1.54, 1.807) is 0 Å². The third-order valence-corrected chi connectivity index (χ3v) is 4.18. The predicted octanol–water partition coefficient (Wildman–Crippen LogP) is -0.841. The third kappa shape index (κ3) is 2.76. The van der Waals surface area contributed by atoms with Gasteiger partial charge in [0.15, 0.2) is 17.7 Å². The van der Waals surface area contributed by atoms with Crippen LogP contribution < -0.4 is 0 Å². The molecule has 2 heterocycles. The minimum atomic E-state index is -1.63. The minimum Gasteiger partial charge on any atom is -0.467 e. The molecule has 0 saturated carbocycles. The lowest BCUT2D eigenvalue weighted by Crippen LogP contribution is -2.52. The maximum atomic E-state index is 12.5. The number of ether oxygens (including phenoxy) is 3. The highest BCUT2D eigenvalue weighted by molar-refractivity contribution is 5.88. The zero-order chi connectivity index (χ0) is 18.1. The van der Waals surface area contributed by atoms with Gasteiger partial charge in [-0.05, 0) is 12.2 Å². The summed E-state index contributed by atoms with van der Waals surface area (Å²) in [4.78, 5) is 58.6. The van der Waals surface area contributed by atoms with Gasteiger partial charge >= 0.3 is 17.9 Å². The second-order valence-electron chi connectivity index (χ2n) is 5.56. The lowest BCUT2D eigenvalue weighted by molar-refractivity contribution is -0.362. The van der Waals surface area contributed by atoms with E-state index in [0.717, 1.165) is 19.4 Å². The van der Waals surface area contributed by atoms with Crippen molar-refractivity contribution in [1.82, 2.24) is 5.23 Å². The summed E-state index contributed by atoms with van der Waals surface area (Å²) < 4.78 is 14.1. The zero-order valence-electron chi connectivity index (χ0n) is 13.8. The number of esters is 3. The van der Waals surface area contributed by atoms with Crippen LogP contribution >= 0.6 is 0 Å². The van der Waals surface area contributed by atoms with E-state index in [9.17, 15) is 19.2 Å². The van der Waals surface area contributed by atoms with Crippen molar-refractivity contribution in [2.45, 2.75) is 37.5 Å². The van der Waals surface area contributed by atoms with E-state index in [4.69, 9.17) is 14.4 Å². The van der Waals surface area contributed by atoms with Crippen LogP contribution in [0.5, 0.6) is 0 Å². The Morgan fingerprint density at radius 2 is 1.67 bits per heavy atom. The summed E-state index contributed by atoms with van der Waals surface area (Å²) in [6, 6.07) is 0. The van der Waals surface area contributed by atoms with Crippen LogP contribution in [0, 0.1) is 5.92 Å². The van der Waals surface area contributed by atoms with Crippen molar-refractivity contribution < 1.29 is 43.1 Å². The summed E-state index contributed by atoms with van der Waals surface area (Å²) in [5.74, 6) is -3.48. The predicted molar refractivity (Wildman–Crippen MR) is 73.8 cm³/mol. The molecule has 0 N–H and O–H groups in total. The Balaban J connectivity index is 2.45. The van der Waals surface area contributed by atoms with Crippen molar-refractivity contribution in [3.63, 3.8) is 0 Å². The molecule has 0 aromatic heterocycles. The van der Waals surface area contributed by atoms with E-state index in [2.05, 4.69) is 9.47 Å². The summed E-state index contributed by atoms with van der Waals surface area (Å²) in [5.41, 5.74) is -1.63. The van der Waals surface area contributed by atoms with Gasteiger partial charge in [-0.1, -0.05) is 0 Å². The number of carbonyl (C=O) groups excluding carboxylic acids is 4. The van der Waals surface area contributed by atoms with Gasteiger partial charge in [-0.2, -0.15) is 0 Å². The Kier molecular flexibility index (Phi) is 5.21. The van der Waals surface area contributed by atoms with Gasteiger partial charge in [-0.15, -0.1) is 0 Å². The van der Waals surface area contributed by atoms with Crippen LogP contribution in [0.15, 0.2) is 0 Å². The highest BCUT2D eigenvalue weighted by Crippen LogP contribution is 2.49. The monoisotopic (exact) mass is 345 g/mol. The minimum absolute atomic E-state index is 0.164. The summed E-state index contributed by atoms with van der Waals surface area (Å²) >= 11 is 0. The van der Waals surface area contributed by atoms with Gasteiger partial charge in [0.1, 0.15) is 5.78 Å². The quantitative estimate of drug-likeness (QED) is 0.461. The first kappa shape index (κ1) is 18.3. The maximum absolute atomic E-state index is 12.5. The fourth-order valence-corrected chi connectivity index (χ4v) is 3.09. The third-order valence-electron chi connectivity index (χ3n) is 4.18. The number of Topliss-reactive ketones (excluding diaryl/α,β-unsaturated/α-hetero) is 1. The zero-order valence-corrected chi connectivity index (χ0v) is 13.8. The maximum Gasteiger partial charge on any atom is 0.337 e. The number of hydroxylamine groups is 2. The molecule has 2 rings (SSSR count). The molecule has 0 bridgehead atoms. The topological polar surface area (TPSA) is 118 Å². The molecule has 2 saturated heterocycles. The number of fused-ring (bicyclic) bond motifs is 1. The van der Waals surface area contributed by atoms with Gasteiger partial charge < -0.3 is 19.0 Å². The molecule has 0 radical (unpaired) electrons. The molecule has 2 aliphatic rings. The number of nitrogens with zero attached hydrogens (tertiary/aromatic N) is 1. The number of hydrogen-bond donors (Lipinski definition) is 0. The first-order valence-electron chi connectivity index (χ1n) is 7.19. The molecule has 0 spiro atoms. The van der Waals surface area contributed by atoms with Crippen LogP contribution in [0.3, 0.4) is 0 Å². The molecule has 0 unspecified atom stereocenters. The van der Waals surface area contributed by atoms with Crippen molar-refractivity contribution in [2.75, 3.05) is 21.3 Å². The van der Waals surface area contributed by atoms with Crippen molar-refractivity contribution in [1.29, 1.82) is 0 Å². The molecule has 24 heavy (non-hydrogen) atoms. The summed E-state index contributed by atoms with van der Waals surface area (Å²) in [7, 11) is 3.48. The fourth-order valence-electron chi connectivity index (χ4n) is 3.09. The molecule has 134 valence electrons. The molecule has 0 aromatic carbocycles. The van der Waals surface area contributed by atoms with Gasteiger partial charge in [0, 0.05) is 18.8 Å². The van der Waals surface area contributed by atoms with Crippen LogP contribution in [0.4, 0.5) is 0 Å². The largest absolute Gasteiger partial charge is 0.467 e. The first-order valence-corrected chi connectivity index (χ1v) is 7.19. The summed E-state index contributed by atoms with van der Waals surface area (Å²) in [6.07, 6.45) is -2.71. The van der Waals surface area contributed by atoms with Crippen molar-refractivity contribution in [3.05, 3.63) is 0 Å². The molecule has 0 aromatic rings. The Labute approximate surface area is 137 Å². The number of carbonyl (C=O) groups is 4. The van der Waals surface area contributed by atoms with Crippen molar-refractivity contribution in [2.24, 2.45) is 5.92 Å². The molecule has 4 atom stereocenters. The van der Waals surface area contributed by atoms with Crippen LogP contribution in [0.25, 0.3) is 0 Å². The second-order valence-corrected chi connectivity index (χ2v) is 5.56. The molecule has 10 nitrogen and oxygen atoms in total. The SMILES string of the molecule is COC(=O)[C@@H]1C[C@]2(C(=O)OC)[C@@H](CC(C)=O)[C@H](C(=O)OC)ON2O1. The molecular formula is C14H19NO9. The van der Waals surface area contributed by atoms with E-state index in [-0.39, 0.29) is 18.6 Å². The van der Waals surface area contributed by atoms with E-state index in [1.165, 1.54) is 14.0 Å². The average molecular weight is 345 g/mol. The Bertz CT molecular complexity index is 562. The van der Waals surface area contributed by atoms with Gasteiger partial charge in [0.25, 0.3) is 0 Å². The van der Waals surface area contributed by atoms with Crippen molar-refractivity contribution in [3.8, 4) is 0 Å². The molecule has 10 heteroatoms. The Hall–Kier alpha value is -2.04. The van der Waals surface area contributed by atoms with Gasteiger partial charge in [-0.3, -0.25) is 9.68 Å². The second kappa shape index (κ2) is 6.83. The van der Waals surface area contributed by atoms with Crippen LogP contribution in [-0.2, 0) is 43.1 Å². The Morgan fingerprint density at radius 1 is 1.04 bits per heavy atom.